The lowest BCUT2D eigenvalue weighted by atomic mass is 10.0. The van der Waals surface area contributed by atoms with Crippen molar-refractivity contribution >= 4 is 11.7 Å². The van der Waals surface area contributed by atoms with Crippen LogP contribution >= 0.6 is 0 Å². The molecule has 0 aromatic carbocycles. The van der Waals surface area contributed by atoms with E-state index in [9.17, 15) is 4.79 Å². The highest BCUT2D eigenvalue weighted by atomic mass is 16.5. The van der Waals surface area contributed by atoms with E-state index in [1.54, 1.807) is 6.33 Å². The van der Waals surface area contributed by atoms with Gasteiger partial charge in [-0.15, -0.1) is 0 Å². The van der Waals surface area contributed by atoms with E-state index in [4.69, 9.17) is 4.52 Å². The maximum absolute atomic E-state index is 12.7. The Labute approximate surface area is 165 Å². The molecule has 2 aromatic rings. The molecule has 28 heavy (non-hydrogen) atoms. The molecule has 2 aliphatic heterocycles. The van der Waals surface area contributed by atoms with Gasteiger partial charge in [0.05, 0.1) is 5.69 Å². The quantitative estimate of drug-likeness (QED) is 0.792. The van der Waals surface area contributed by atoms with Crippen LogP contribution in [-0.2, 0) is 11.2 Å². The van der Waals surface area contributed by atoms with Crippen LogP contribution in [0, 0.1) is 25.7 Å². The van der Waals surface area contributed by atoms with Gasteiger partial charge < -0.3 is 14.3 Å². The molecule has 7 heteroatoms. The van der Waals surface area contributed by atoms with Crippen LogP contribution in [0.1, 0.15) is 47.9 Å². The van der Waals surface area contributed by atoms with Gasteiger partial charge in [0.2, 0.25) is 5.91 Å². The molecule has 0 bridgehead atoms. The molecule has 3 fully saturated rings. The lowest BCUT2D eigenvalue weighted by molar-refractivity contribution is -0.130. The van der Waals surface area contributed by atoms with E-state index in [0.717, 1.165) is 49.0 Å². The van der Waals surface area contributed by atoms with Crippen molar-refractivity contribution in [1.29, 1.82) is 0 Å². The summed E-state index contributed by atoms with van der Waals surface area (Å²) in [6, 6.07) is 2.17. The Morgan fingerprint density at radius 3 is 2.54 bits per heavy atom. The van der Waals surface area contributed by atoms with E-state index in [1.807, 2.05) is 13.8 Å². The summed E-state index contributed by atoms with van der Waals surface area (Å²) in [5, 5.41) is 3.98. The lowest BCUT2D eigenvalue weighted by Gasteiger charge is -2.22. The van der Waals surface area contributed by atoms with E-state index >= 15 is 0 Å². The zero-order chi connectivity index (χ0) is 19.3. The Morgan fingerprint density at radius 2 is 1.89 bits per heavy atom. The van der Waals surface area contributed by atoms with Crippen LogP contribution in [0.4, 0.5) is 5.82 Å². The smallest absolute Gasteiger partial charge is 0.222 e. The molecule has 148 valence electrons. The minimum Gasteiger partial charge on any atom is -0.361 e. The number of carbonyl (C=O) groups excluding carboxylic acids is 1. The van der Waals surface area contributed by atoms with Gasteiger partial charge in [-0.2, -0.15) is 0 Å². The molecule has 2 aromatic heterocycles. The van der Waals surface area contributed by atoms with Crippen LogP contribution in [0.5, 0.6) is 0 Å². The first-order chi connectivity index (χ1) is 13.6. The summed E-state index contributed by atoms with van der Waals surface area (Å²) in [6.07, 6.45) is 5.46. The van der Waals surface area contributed by atoms with Crippen molar-refractivity contribution in [2.24, 2.45) is 11.8 Å². The van der Waals surface area contributed by atoms with Crippen molar-refractivity contribution in [2.75, 3.05) is 31.1 Å². The van der Waals surface area contributed by atoms with Crippen LogP contribution in [0.25, 0.3) is 0 Å². The van der Waals surface area contributed by atoms with E-state index in [-0.39, 0.29) is 5.91 Å². The largest absolute Gasteiger partial charge is 0.361 e. The molecule has 4 heterocycles. The summed E-state index contributed by atoms with van der Waals surface area (Å²) >= 11 is 0. The minimum atomic E-state index is 0.249. The van der Waals surface area contributed by atoms with Crippen molar-refractivity contribution in [3.63, 3.8) is 0 Å². The summed E-state index contributed by atoms with van der Waals surface area (Å²) in [5.41, 5.74) is 3.17. The number of aryl methyl sites for hydroxylation is 2. The van der Waals surface area contributed by atoms with Gasteiger partial charge in [-0.25, -0.2) is 9.97 Å². The van der Waals surface area contributed by atoms with E-state index in [2.05, 4.69) is 31.0 Å². The summed E-state index contributed by atoms with van der Waals surface area (Å²) in [6.45, 7) is 7.55. The van der Waals surface area contributed by atoms with Crippen LogP contribution < -0.4 is 4.90 Å². The maximum Gasteiger partial charge on any atom is 0.222 e. The third kappa shape index (κ3) is 3.27. The topological polar surface area (TPSA) is 75.4 Å². The van der Waals surface area contributed by atoms with E-state index in [0.29, 0.717) is 30.6 Å². The average molecular weight is 381 g/mol. The Kier molecular flexibility index (Phi) is 4.33. The third-order valence-electron chi connectivity index (χ3n) is 6.60. The van der Waals surface area contributed by atoms with Gasteiger partial charge in [-0.1, -0.05) is 5.16 Å². The molecular formula is C21H27N5O2. The Morgan fingerprint density at radius 1 is 1.14 bits per heavy atom. The molecule has 1 saturated carbocycles. The summed E-state index contributed by atoms with van der Waals surface area (Å²) in [5.74, 6) is 3.87. The predicted molar refractivity (Wildman–Crippen MR) is 104 cm³/mol. The lowest BCUT2D eigenvalue weighted by Crippen LogP contribution is -2.33. The number of anilines is 1. The molecule has 2 saturated heterocycles. The van der Waals surface area contributed by atoms with E-state index in [1.165, 1.54) is 18.5 Å². The molecule has 0 radical (unpaired) electrons. The SMILES string of the molecule is Cc1noc(C)c1CCC(=O)N1CC2CN(c3cc(C4CC4)ncn3)CC2C1. The normalized spacial score (nSPS) is 24.1. The summed E-state index contributed by atoms with van der Waals surface area (Å²) in [4.78, 5) is 26.1. The second kappa shape index (κ2) is 6.87. The Hall–Kier alpha value is -2.44. The zero-order valence-electron chi connectivity index (χ0n) is 16.6. The molecule has 3 aliphatic rings. The molecule has 1 amide bonds. The Bertz CT molecular complexity index is 857. The highest BCUT2D eigenvalue weighted by Crippen LogP contribution is 2.40. The fraction of sp³-hybridized carbons (Fsp3) is 0.619. The number of carbonyl (C=O) groups is 1. The molecule has 2 unspecified atom stereocenters. The fourth-order valence-corrected chi connectivity index (χ4v) is 4.77. The standard InChI is InChI=1S/C21H27N5O2/c1-13-18(14(2)28-24-13)5-6-21(27)26-10-16-8-25(9-17(16)11-26)20-7-19(15-3-4-15)22-12-23-20/h7,12,15-17H,3-6,8-11H2,1-2H3. The van der Waals surface area contributed by atoms with Crippen LogP contribution in [0.2, 0.25) is 0 Å². The van der Waals surface area contributed by atoms with Crippen molar-refractivity contribution in [2.45, 2.75) is 45.4 Å². The van der Waals surface area contributed by atoms with Crippen LogP contribution in [0.3, 0.4) is 0 Å². The first-order valence-corrected chi connectivity index (χ1v) is 10.3. The second-order valence-electron chi connectivity index (χ2n) is 8.60. The number of fused-ring (bicyclic) bond motifs is 1. The van der Waals surface area contributed by atoms with Gasteiger partial charge in [0.25, 0.3) is 0 Å². The van der Waals surface area contributed by atoms with Crippen molar-refractivity contribution in [3.05, 3.63) is 35.1 Å². The molecule has 0 spiro atoms. The number of amides is 1. The first-order valence-electron chi connectivity index (χ1n) is 10.3. The van der Waals surface area contributed by atoms with Gasteiger partial charge in [0, 0.05) is 67.7 Å². The number of nitrogens with zero attached hydrogens (tertiary/aromatic N) is 5. The van der Waals surface area contributed by atoms with Crippen molar-refractivity contribution < 1.29 is 9.32 Å². The number of aromatic nitrogens is 3. The number of hydrogen-bond donors (Lipinski definition) is 0. The monoisotopic (exact) mass is 381 g/mol. The average Bonchev–Trinajstić information content (AvgIpc) is 3.24. The van der Waals surface area contributed by atoms with Crippen molar-refractivity contribution in [3.8, 4) is 0 Å². The summed E-state index contributed by atoms with van der Waals surface area (Å²) < 4.78 is 5.20. The maximum atomic E-state index is 12.7. The molecule has 7 nitrogen and oxygen atoms in total. The van der Waals surface area contributed by atoms with E-state index < -0.39 is 0 Å². The molecule has 2 atom stereocenters. The Balaban J connectivity index is 1.17. The van der Waals surface area contributed by atoms with Crippen molar-refractivity contribution in [1.82, 2.24) is 20.0 Å². The molecule has 1 aliphatic carbocycles. The number of rotatable bonds is 5. The van der Waals surface area contributed by atoms with Gasteiger partial charge in [0.1, 0.15) is 17.9 Å². The van der Waals surface area contributed by atoms with Crippen LogP contribution in [-0.4, -0.2) is 52.1 Å². The third-order valence-corrected chi connectivity index (χ3v) is 6.60. The molecular weight excluding hydrogens is 354 g/mol. The van der Waals surface area contributed by atoms with Gasteiger partial charge >= 0.3 is 0 Å². The van der Waals surface area contributed by atoms with Crippen LogP contribution in [0.15, 0.2) is 16.9 Å². The molecule has 5 rings (SSSR count). The van der Waals surface area contributed by atoms with Gasteiger partial charge in [-0.05, 0) is 33.1 Å². The summed E-state index contributed by atoms with van der Waals surface area (Å²) in [7, 11) is 0. The minimum absolute atomic E-state index is 0.249. The predicted octanol–water partition coefficient (Wildman–Crippen LogP) is 2.49. The highest BCUT2D eigenvalue weighted by Gasteiger charge is 2.42. The first kappa shape index (κ1) is 17.6. The molecule has 0 N–H and O–H groups in total. The second-order valence-corrected chi connectivity index (χ2v) is 8.60. The number of hydrogen-bond acceptors (Lipinski definition) is 6. The van der Waals surface area contributed by atoms with Gasteiger partial charge in [0.15, 0.2) is 0 Å². The zero-order valence-corrected chi connectivity index (χ0v) is 16.6. The van der Waals surface area contributed by atoms with Gasteiger partial charge in [-0.3, -0.25) is 4.79 Å². The highest BCUT2D eigenvalue weighted by molar-refractivity contribution is 5.77. The fourth-order valence-electron chi connectivity index (χ4n) is 4.77. The number of likely N-dealkylation sites (tertiary alicyclic amines) is 1.